The first-order valence-corrected chi connectivity index (χ1v) is 10.1. The molecule has 154 valence electrons. The fourth-order valence-electron chi connectivity index (χ4n) is 2.59. The van der Waals surface area contributed by atoms with Crippen molar-refractivity contribution in [3.05, 3.63) is 78.7 Å². The number of non-ortho nitro benzene ring substituents is 1. The first kappa shape index (κ1) is 21.8. The normalized spacial score (nSPS) is 15.0. The number of nitro groups is 1. The number of halogens is 2. The lowest BCUT2D eigenvalue weighted by molar-refractivity contribution is -0.384. The van der Waals surface area contributed by atoms with Crippen molar-refractivity contribution >= 4 is 63.8 Å². The van der Waals surface area contributed by atoms with Crippen molar-refractivity contribution in [3.8, 4) is 0 Å². The lowest BCUT2D eigenvalue weighted by atomic mass is 10.2. The largest absolute Gasteiger partial charge is 0.350 e. The van der Waals surface area contributed by atoms with Gasteiger partial charge in [0.2, 0.25) is 0 Å². The Kier molecular flexibility index (Phi) is 6.76. The molecule has 11 heteroatoms. The highest BCUT2D eigenvalue weighted by atomic mass is 35.5. The Morgan fingerprint density at radius 3 is 2.50 bits per heavy atom. The highest BCUT2D eigenvalue weighted by Gasteiger charge is 2.34. The molecule has 1 heterocycles. The number of carbonyl (C=O) groups excluding carboxylic acids is 3. The van der Waals surface area contributed by atoms with Crippen molar-refractivity contribution in [3.63, 3.8) is 0 Å². The van der Waals surface area contributed by atoms with Crippen molar-refractivity contribution in [1.29, 1.82) is 0 Å². The van der Waals surface area contributed by atoms with Crippen LogP contribution in [0.4, 0.5) is 10.5 Å². The Morgan fingerprint density at radius 2 is 1.87 bits per heavy atom. The molecule has 1 saturated heterocycles. The van der Waals surface area contributed by atoms with Crippen molar-refractivity contribution < 1.29 is 19.3 Å². The molecular formula is C19H13Cl2N3O5S. The molecule has 0 atom stereocenters. The minimum Gasteiger partial charge on any atom is -0.350 e. The molecule has 1 N–H and O–H groups in total. The number of hydrogen-bond acceptors (Lipinski definition) is 6. The van der Waals surface area contributed by atoms with Crippen LogP contribution in [0.25, 0.3) is 6.08 Å². The monoisotopic (exact) mass is 465 g/mol. The molecule has 8 nitrogen and oxygen atoms in total. The van der Waals surface area contributed by atoms with Gasteiger partial charge in [-0.1, -0.05) is 23.2 Å². The predicted octanol–water partition coefficient (Wildman–Crippen LogP) is 4.37. The molecule has 0 spiro atoms. The third-order valence-electron chi connectivity index (χ3n) is 4.07. The summed E-state index contributed by atoms with van der Waals surface area (Å²) >= 11 is 12.6. The fourth-order valence-corrected chi connectivity index (χ4v) is 3.95. The Labute approximate surface area is 185 Å². The van der Waals surface area contributed by atoms with Crippen LogP contribution >= 0.6 is 35.0 Å². The molecule has 0 radical (unpaired) electrons. The number of hydrogen-bond donors (Lipinski definition) is 1. The summed E-state index contributed by atoms with van der Waals surface area (Å²) in [5, 5.41) is 13.4. The molecule has 2 aromatic carbocycles. The van der Waals surface area contributed by atoms with Gasteiger partial charge in [0, 0.05) is 30.2 Å². The minimum absolute atomic E-state index is 0.0147. The highest BCUT2D eigenvalue weighted by Crippen LogP contribution is 2.32. The molecule has 0 saturated carbocycles. The van der Waals surface area contributed by atoms with Crippen LogP contribution in [0.15, 0.2) is 47.4 Å². The van der Waals surface area contributed by atoms with Crippen molar-refractivity contribution in [1.82, 2.24) is 10.2 Å². The molecule has 3 amide bonds. The van der Waals surface area contributed by atoms with Crippen LogP contribution in [-0.2, 0) is 4.79 Å². The number of nitrogens with zero attached hydrogens (tertiary/aromatic N) is 2. The summed E-state index contributed by atoms with van der Waals surface area (Å²) in [5.74, 6) is -0.952. The van der Waals surface area contributed by atoms with Crippen LogP contribution in [0.2, 0.25) is 10.0 Å². The average Bonchev–Trinajstić information content (AvgIpc) is 2.95. The molecule has 3 rings (SSSR count). The minimum atomic E-state index is -0.525. The van der Waals surface area contributed by atoms with Crippen molar-refractivity contribution in [2.75, 3.05) is 13.1 Å². The third kappa shape index (κ3) is 4.99. The first-order valence-electron chi connectivity index (χ1n) is 8.49. The number of amides is 3. The molecule has 0 aliphatic carbocycles. The summed E-state index contributed by atoms with van der Waals surface area (Å²) in [6.07, 6.45) is 1.49. The Bertz CT molecular complexity index is 1070. The number of rotatable bonds is 6. The van der Waals surface area contributed by atoms with Gasteiger partial charge in [-0.3, -0.25) is 29.4 Å². The molecule has 0 aromatic heterocycles. The van der Waals surface area contributed by atoms with E-state index in [9.17, 15) is 24.5 Å². The quantitative estimate of drug-likeness (QED) is 0.385. The summed E-state index contributed by atoms with van der Waals surface area (Å²) < 4.78 is 0. The van der Waals surface area contributed by atoms with Crippen LogP contribution in [0.1, 0.15) is 15.9 Å². The second-order valence-corrected chi connectivity index (χ2v) is 7.90. The smallest absolute Gasteiger partial charge is 0.293 e. The van der Waals surface area contributed by atoms with E-state index in [2.05, 4.69) is 5.32 Å². The van der Waals surface area contributed by atoms with E-state index in [-0.39, 0.29) is 34.3 Å². The summed E-state index contributed by atoms with van der Waals surface area (Å²) in [6.45, 7) is 0.0276. The summed E-state index contributed by atoms with van der Waals surface area (Å²) in [6, 6.07) is 10.1. The van der Waals surface area contributed by atoms with E-state index >= 15 is 0 Å². The third-order valence-corrected chi connectivity index (χ3v) is 5.53. The van der Waals surface area contributed by atoms with Crippen LogP contribution < -0.4 is 5.32 Å². The van der Waals surface area contributed by atoms with Gasteiger partial charge >= 0.3 is 0 Å². The van der Waals surface area contributed by atoms with Gasteiger partial charge in [-0.25, -0.2) is 0 Å². The van der Waals surface area contributed by atoms with Crippen molar-refractivity contribution in [2.24, 2.45) is 0 Å². The zero-order valence-electron chi connectivity index (χ0n) is 15.1. The maximum Gasteiger partial charge on any atom is 0.293 e. The number of imide groups is 1. The molecule has 0 unspecified atom stereocenters. The van der Waals surface area contributed by atoms with Gasteiger partial charge in [-0.15, -0.1) is 0 Å². The van der Waals surface area contributed by atoms with E-state index in [1.165, 1.54) is 48.5 Å². The van der Waals surface area contributed by atoms with E-state index < -0.39 is 22.0 Å². The molecule has 1 fully saturated rings. The maximum absolute atomic E-state index is 12.5. The number of nitro benzene ring substituents is 1. The van der Waals surface area contributed by atoms with Gasteiger partial charge in [0.25, 0.3) is 22.7 Å². The first-order chi connectivity index (χ1) is 14.3. The van der Waals surface area contributed by atoms with Crippen LogP contribution in [0.3, 0.4) is 0 Å². The molecular weight excluding hydrogens is 453 g/mol. The van der Waals surface area contributed by atoms with E-state index in [0.717, 1.165) is 16.7 Å². The van der Waals surface area contributed by atoms with E-state index in [1.807, 2.05) is 0 Å². The molecule has 1 aliphatic rings. The lowest BCUT2D eigenvalue weighted by Crippen LogP contribution is -2.37. The molecule has 1 aliphatic heterocycles. The Hall–Kier alpha value is -2.88. The summed E-state index contributed by atoms with van der Waals surface area (Å²) in [7, 11) is 0. The number of thioether (sulfide) groups is 1. The average molecular weight is 466 g/mol. The van der Waals surface area contributed by atoms with Gasteiger partial charge in [-0.05, 0) is 53.7 Å². The topological polar surface area (TPSA) is 110 Å². The Morgan fingerprint density at radius 1 is 1.17 bits per heavy atom. The van der Waals surface area contributed by atoms with Gasteiger partial charge in [0.05, 0.1) is 20.4 Å². The van der Waals surface area contributed by atoms with E-state index in [1.54, 1.807) is 0 Å². The number of carbonyl (C=O) groups is 3. The zero-order valence-corrected chi connectivity index (χ0v) is 17.5. The van der Waals surface area contributed by atoms with Gasteiger partial charge in [0.1, 0.15) is 0 Å². The number of benzene rings is 2. The molecule has 30 heavy (non-hydrogen) atoms. The summed E-state index contributed by atoms with van der Waals surface area (Å²) in [5.41, 5.74) is 0.710. The molecule has 0 bridgehead atoms. The summed E-state index contributed by atoms with van der Waals surface area (Å²) in [4.78, 5) is 48.2. The highest BCUT2D eigenvalue weighted by molar-refractivity contribution is 8.18. The predicted molar refractivity (Wildman–Crippen MR) is 115 cm³/mol. The number of nitrogens with one attached hydrogen (secondary N) is 1. The fraction of sp³-hybridized carbons (Fsp3) is 0.105. The van der Waals surface area contributed by atoms with Crippen LogP contribution in [-0.4, -0.2) is 40.0 Å². The second kappa shape index (κ2) is 9.29. The Balaban J connectivity index is 1.61. The lowest BCUT2D eigenvalue weighted by Gasteiger charge is -2.13. The van der Waals surface area contributed by atoms with Gasteiger partial charge in [-0.2, -0.15) is 0 Å². The maximum atomic E-state index is 12.5. The molecule has 2 aromatic rings. The van der Waals surface area contributed by atoms with E-state index in [0.29, 0.717) is 10.6 Å². The second-order valence-electron chi connectivity index (χ2n) is 6.06. The standard InChI is InChI=1S/C19H13Cl2N3O5S/c20-12-3-6-14(15(21)10-12)17(25)22-7-8-23-18(26)16(30-19(23)27)9-11-1-4-13(5-2-11)24(28)29/h1-6,9-10H,7-8H2,(H,22,25)/b16-9-. The van der Waals surface area contributed by atoms with Gasteiger partial charge < -0.3 is 5.32 Å². The van der Waals surface area contributed by atoms with E-state index in [4.69, 9.17) is 23.2 Å². The van der Waals surface area contributed by atoms with Crippen LogP contribution in [0, 0.1) is 10.1 Å². The van der Waals surface area contributed by atoms with Crippen molar-refractivity contribution in [2.45, 2.75) is 0 Å². The van der Waals surface area contributed by atoms with Gasteiger partial charge in [0.15, 0.2) is 0 Å². The SMILES string of the molecule is O=C(NCCN1C(=O)S/C(=C\c2ccc([N+](=O)[O-])cc2)C1=O)c1ccc(Cl)cc1Cl. The zero-order chi connectivity index (χ0) is 21.8. The van der Waals surface area contributed by atoms with Crippen LogP contribution in [0.5, 0.6) is 0 Å².